The molecule has 0 aliphatic carbocycles. The molecule has 182 valence electrons. The zero-order valence-corrected chi connectivity index (χ0v) is 22.0. The standard InChI is InChI=1S/C30H37N5/c1-7-10-13-22-16-23(21(5)18-31-22)27-32-19-26-28(33-27)34(6)29-20(4)17-30(8-2,9-3)24-14-11-12-15-25(24)35(26)29/h11-12,14-19,29H,7-10,13H2,1-6H3. The molecule has 1 aromatic carbocycles. The maximum absolute atomic E-state index is 5.14. The average Bonchev–Trinajstić information content (AvgIpc) is 3.12. The number of nitrogens with zero attached hydrogens (tertiary/aromatic N) is 5. The number of aryl methyl sites for hydroxylation is 2. The molecule has 0 saturated heterocycles. The van der Waals surface area contributed by atoms with Crippen LogP contribution in [0.3, 0.4) is 0 Å². The summed E-state index contributed by atoms with van der Waals surface area (Å²) in [5, 5.41) is 0. The molecule has 0 fully saturated rings. The summed E-state index contributed by atoms with van der Waals surface area (Å²) >= 11 is 0. The van der Waals surface area contributed by atoms with Crippen LogP contribution in [0.1, 0.15) is 70.2 Å². The molecule has 3 aromatic rings. The van der Waals surface area contributed by atoms with Gasteiger partial charge >= 0.3 is 0 Å². The molecular weight excluding hydrogens is 430 g/mol. The number of allylic oxidation sites excluding steroid dienone is 1. The van der Waals surface area contributed by atoms with Gasteiger partial charge in [-0.2, -0.15) is 0 Å². The van der Waals surface area contributed by atoms with Gasteiger partial charge in [0.25, 0.3) is 0 Å². The van der Waals surface area contributed by atoms with Gasteiger partial charge in [0.15, 0.2) is 11.6 Å². The summed E-state index contributed by atoms with van der Waals surface area (Å²) < 4.78 is 0. The largest absolute Gasteiger partial charge is 0.333 e. The van der Waals surface area contributed by atoms with E-state index in [0.29, 0.717) is 0 Å². The fourth-order valence-corrected chi connectivity index (χ4v) is 5.95. The first-order chi connectivity index (χ1) is 16.9. The molecule has 2 aliphatic heterocycles. The van der Waals surface area contributed by atoms with Gasteiger partial charge < -0.3 is 9.80 Å². The molecule has 0 saturated carbocycles. The molecule has 4 heterocycles. The second-order valence-corrected chi connectivity index (χ2v) is 10.1. The summed E-state index contributed by atoms with van der Waals surface area (Å²) in [6.07, 6.45) is 12.0. The summed E-state index contributed by atoms with van der Waals surface area (Å²) in [6, 6.07) is 11.1. The lowest BCUT2D eigenvalue weighted by Gasteiger charge is -2.32. The van der Waals surface area contributed by atoms with Crippen LogP contribution in [0.25, 0.3) is 11.4 Å². The first kappa shape index (κ1) is 23.5. The van der Waals surface area contributed by atoms with E-state index in [2.05, 4.69) is 92.9 Å². The summed E-state index contributed by atoms with van der Waals surface area (Å²) in [5.41, 5.74) is 8.42. The van der Waals surface area contributed by atoms with E-state index in [-0.39, 0.29) is 11.6 Å². The summed E-state index contributed by atoms with van der Waals surface area (Å²) in [5.74, 6) is 1.76. The van der Waals surface area contributed by atoms with Crippen LogP contribution in [0.15, 0.2) is 54.4 Å². The van der Waals surface area contributed by atoms with Crippen LogP contribution < -0.4 is 9.80 Å². The predicted molar refractivity (Wildman–Crippen MR) is 145 cm³/mol. The van der Waals surface area contributed by atoms with Crippen LogP contribution in [0, 0.1) is 6.92 Å². The second-order valence-electron chi connectivity index (χ2n) is 10.1. The molecule has 5 nitrogen and oxygen atoms in total. The number of pyridine rings is 1. The fraction of sp³-hybridized carbons (Fsp3) is 0.433. The molecule has 0 bridgehead atoms. The Morgan fingerprint density at radius 1 is 0.971 bits per heavy atom. The van der Waals surface area contributed by atoms with Crippen molar-refractivity contribution in [1.29, 1.82) is 0 Å². The van der Waals surface area contributed by atoms with Crippen molar-refractivity contribution in [2.45, 2.75) is 78.3 Å². The Morgan fingerprint density at radius 3 is 2.49 bits per heavy atom. The molecule has 0 spiro atoms. The Bertz CT molecular complexity index is 1270. The molecule has 1 unspecified atom stereocenters. The van der Waals surface area contributed by atoms with Crippen LogP contribution in [-0.4, -0.2) is 28.2 Å². The van der Waals surface area contributed by atoms with E-state index in [0.717, 1.165) is 66.3 Å². The van der Waals surface area contributed by atoms with Gasteiger partial charge in [0.2, 0.25) is 0 Å². The maximum atomic E-state index is 5.14. The smallest absolute Gasteiger partial charge is 0.162 e. The normalized spacial score (nSPS) is 18.0. The average molecular weight is 468 g/mol. The lowest BCUT2D eigenvalue weighted by molar-refractivity contribution is 0.497. The minimum absolute atomic E-state index is 0.0376. The van der Waals surface area contributed by atoms with Gasteiger partial charge in [0.1, 0.15) is 11.9 Å². The van der Waals surface area contributed by atoms with Gasteiger partial charge in [-0.05, 0) is 68.4 Å². The van der Waals surface area contributed by atoms with Crippen molar-refractivity contribution >= 4 is 17.2 Å². The van der Waals surface area contributed by atoms with Gasteiger partial charge in [0, 0.05) is 35.6 Å². The number of benzene rings is 1. The van der Waals surface area contributed by atoms with Gasteiger partial charge in [0.05, 0.1) is 6.20 Å². The number of aromatic nitrogens is 3. The van der Waals surface area contributed by atoms with Crippen molar-refractivity contribution in [3.05, 3.63) is 71.2 Å². The van der Waals surface area contributed by atoms with E-state index >= 15 is 0 Å². The zero-order valence-electron chi connectivity index (χ0n) is 22.0. The third-order valence-corrected chi connectivity index (χ3v) is 8.02. The topological polar surface area (TPSA) is 45.2 Å². The Hall–Kier alpha value is -3.21. The van der Waals surface area contributed by atoms with Crippen molar-refractivity contribution in [1.82, 2.24) is 15.0 Å². The van der Waals surface area contributed by atoms with Crippen LogP contribution in [0.2, 0.25) is 0 Å². The van der Waals surface area contributed by atoms with Gasteiger partial charge in [-0.1, -0.05) is 51.5 Å². The summed E-state index contributed by atoms with van der Waals surface area (Å²) in [4.78, 5) is 19.5. The molecule has 0 amide bonds. The Balaban J connectivity index is 1.64. The molecule has 2 aromatic heterocycles. The van der Waals surface area contributed by atoms with Crippen molar-refractivity contribution < 1.29 is 0 Å². The van der Waals surface area contributed by atoms with Crippen molar-refractivity contribution in [2.24, 2.45) is 0 Å². The third-order valence-electron chi connectivity index (χ3n) is 8.02. The number of hydrogen-bond donors (Lipinski definition) is 0. The second kappa shape index (κ2) is 9.10. The molecule has 5 heteroatoms. The predicted octanol–water partition coefficient (Wildman–Crippen LogP) is 7.12. The van der Waals surface area contributed by atoms with E-state index in [4.69, 9.17) is 9.97 Å². The Morgan fingerprint density at radius 2 is 1.74 bits per heavy atom. The molecule has 1 atom stereocenters. The lowest BCUT2D eigenvalue weighted by atomic mass is 9.74. The minimum Gasteiger partial charge on any atom is -0.333 e. The summed E-state index contributed by atoms with van der Waals surface area (Å²) in [6.45, 7) is 11.2. The van der Waals surface area contributed by atoms with E-state index in [1.165, 1.54) is 16.8 Å². The number of para-hydroxylation sites is 1. The van der Waals surface area contributed by atoms with Crippen molar-refractivity contribution in [3.63, 3.8) is 0 Å². The van der Waals surface area contributed by atoms with E-state index < -0.39 is 0 Å². The molecule has 2 aliphatic rings. The number of fused-ring (bicyclic) bond motifs is 5. The highest BCUT2D eigenvalue weighted by atomic mass is 15.4. The molecule has 0 N–H and O–H groups in total. The van der Waals surface area contributed by atoms with Gasteiger partial charge in [-0.15, -0.1) is 0 Å². The highest BCUT2D eigenvalue weighted by molar-refractivity contribution is 5.85. The fourth-order valence-electron chi connectivity index (χ4n) is 5.95. The van der Waals surface area contributed by atoms with E-state index in [1.54, 1.807) is 0 Å². The van der Waals surface area contributed by atoms with Gasteiger partial charge in [-0.25, -0.2) is 9.97 Å². The van der Waals surface area contributed by atoms with Crippen LogP contribution >= 0.6 is 0 Å². The number of hydrogen-bond acceptors (Lipinski definition) is 5. The summed E-state index contributed by atoms with van der Waals surface area (Å²) in [7, 11) is 2.16. The molecule has 0 radical (unpaired) electrons. The SMILES string of the molecule is CCCCc1cc(-c2ncc3c(n2)N(C)C2C(C)=CC(CC)(CC)c4ccccc4N32)c(C)cn1. The van der Waals surface area contributed by atoms with Crippen LogP contribution in [0.4, 0.5) is 17.2 Å². The van der Waals surface area contributed by atoms with Crippen molar-refractivity contribution in [3.8, 4) is 11.4 Å². The van der Waals surface area contributed by atoms with Gasteiger partial charge in [-0.3, -0.25) is 4.98 Å². The molecule has 35 heavy (non-hydrogen) atoms. The quantitative estimate of drug-likeness (QED) is 0.361. The third kappa shape index (κ3) is 3.72. The first-order valence-electron chi connectivity index (χ1n) is 13.1. The monoisotopic (exact) mass is 467 g/mol. The first-order valence-corrected chi connectivity index (χ1v) is 13.1. The lowest BCUT2D eigenvalue weighted by Crippen LogP contribution is -2.39. The Kier molecular flexibility index (Phi) is 6.12. The Labute approximate surface area is 209 Å². The number of likely N-dealkylation sites (N-methyl/N-ethyl adjacent to an activating group) is 1. The number of anilines is 3. The minimum atomic E-state index is 0.0376. The van der Waals surface area contributed by atoms with E-state index in [9.17, 15) is 0 Å². The molecule has 5 rings (SSSR count). The van der Waals surface area contributed by atoms with Crippen LogP contribution in [0.5, 0.6) is 0 Å². The van der Waals surface area contributed by atoms with Crippen LogP contribution in [-0.2, 0) is 11.8 Å². The number of rotatable bonds is 6. The molecular formula is C30H37N5. The highest BCUT2D eigenvalue weighted by Crippen LogP contribution is 2.51. The maximum Gasteiger partial charge on any atom is 0.162 e. The van der Waals surface area contributed by atoms with Crippen molar-refractivity contribution in [2.75, 3.05) is 16.8 Å². The zero-order chi connectivity index (χ0) is 24.7. The highest BCUT2D eigenvalue weighted by Gasteiger charge is 2.43. The van der Waals surface area contributed by atoms with E-state index in [1.807, 2.05) is 12.4 Å². The number of unbranched alkanes of at least 4 members (excludes halogenated alkanes) is 1.